The molecule has 1 aromatic heterocycles. The Morgan fingerprint density at radius 2 is 2.19 bits per heavy atom. The highest BCUT2D eigenvalue weighted by molar-refractivity contribution is 7.22. The molecule has 3 nitrogen and oxygen atoms in total. The highest BCUT2D eigenvalue weighted by atomic mass is 35.5. The highest BCUT2D eigenvalue weighted by Crippen LogP contribution is 2.37. The fraction of sp³-hybridized carbons (Fsp3) is 0.409. The Kier molecular flexibility index (Phi) is 5.67. The molecule has 4 rings (SSSR count). The van der Waals surface area contributed by atoms with Gasteiger partial charge < -0.3 is 9.64 Å². The highest BCUT2D eigenvalue weighted by Gasteiger charge is 2.23. The van der Waals surface area contributed by atoms with E-state index in [1.165, 1.54) is 40.9 Å². The number of hydrogen-bond acceptors (Lipinski definition) is 4. The second-order valence-electron chi connectivity index (χ2n) is 7.40. The molecule has 27 heavy (non-hydrogen) atoms. The molecule has 0 bridgehead atoms. The molecule has 0 fully saturated rings. The molecule has 1 heterocycles. The summed E-state index contributed by atoms with van der Waals surface area (Å²) in [7, 11) is 4.00. The molecule has 1 aliphatic carbocycles. The van der Waals surface area contributed by atoms with Crippen molar-refractivity contribution in [1.29, 1.82) is 0 Å². The van der Waals surface area contributed by atoms with Crippen molar-refractivity contribution in [2.75, 3.05) is 27.2 Å². The second kappa shape index (κ2) is 8.17. The van der Waals surface area contributed by atoms with Crippen LogP contribution < -0.4 is 4.74 Å². The molecule has 5 heteroatoms. The zero-order valence-corrected chi connectivity index (χ0v) is 17.4. The van der Waals surface area contributed by atoms with Gasteiger partial charge in [0.25, 0.3) is 0 Å². The minimum atomic E-state index is 0.591. The minimum Gasteiger partial charge on any atom is -0.496 e. The van der Waals surface area contributed by atoms with Crippen molar-refractivity contribution in [1.82, 2.24) is 9.88 Å². The topological polar surface area (TPSA) is 25.4 Å². The summed E-state index contributed by atoms with van der Waals surface area (Å²) in [6.45, 7) is 2.13. The molecule has 2 aromatic carbocycles. The maximum absolute atomic E-state index is 6.02. The van der Waals surface area contributed by atoms with Crippen LogP contribution >= 0.6 is 22.9 Å². The molecule has 0 amide bonds. The first kappa shape index (κ1) is 18.7. The van der Waals surface area contributed by atoms with Gasteiger partial charge in [0.2, 0.25) is 0 Å². The number of nitrogens with zero attached hydrogens (tertiary/aromatic N) is 2. The first-order chi connectivity index (χ1) is 13.1. The number of ether oxygens (including phenoxy) is 1. The van der Waals surface area contributed by atoms with Crippen molar-refractivity contribution >= 4 is 33.2 Å². The summed E-state index contributed by atoms with van der Waals surface area (Å²) in [6.07, 6.45) is 4.66. The van der Waals surface area contributed by atoms with Crippen LogP contribution in [0.5, 0.6) is 5.75 Å². The Labute approximate surface area is 169 Å². The quantitative estimate of drug-likeness (QED) is 0.542. The minimum absolute atomic E-state index is 0.591. The number of methoxy groups -OCH3 is 1. The number of fused-ring (bicyclic) bond motifs is 2. The third-order valence-electron chi connectivity index (χ3n) is 5.55. The van der Waals surface area contributed by atoms with Gasteiger partial charge in [0.15, 0.2) is 4.47 Å². The smallest absolute Gasteiger partial charge is 0.184 e. The molecule has 0 N–H and O–H groups in total. The van der Waals surface area contributed by atoms with Crippen molar-refractivity contribution in [3.8, 4) is 5.75 Å². The predicted molar refractivity (Wildman–Crippen MR) is 115 cm³/mol. The molecule has 0 saturated carbocycles. The van der Waals surface area contributed by atoms with Gasteiger partial charge in [0.05, 0.1) is 17.3 Å². The molecular weight excluding hydrogens is 376 g/mol. The summed E-state index contributed by atoms with van der Waals surface area (Å²) >= 11 is 7.56. The van der Waals surface area contributed by atoms with Crippen LogP contribution in [0.4, 0.5) is 0 Å². The van der Waals surface area contributed by atoms with Crippen molar-refractivity contribution in [2.24, 2.45) is 0 Å². The van der Waals surface area contributed by atoms with E-state index in [4.69, 9.17) is 16.3 Å². The zero-order chi connectivity index (χ0) is 18.8. The van der Waals surface area contributed by atoms with Crippen molar-refractivity contribution < 1.29 is 4.74 Å². The lowest BCUT2D eigenvalue weighted by atomic mass is 9.82. The van der Waals surface area contributed by atoms with E-state index in [2.05, 4.69) is 53.3 Å². The molecule has 142 valence electrons. The summed E-state index contributed by atoms with van der Waals surface area (Å²) in [6, 6.07) is 13.0. The van der Waals surface area contributed by atoms with Gasteiger partial charge in [-0.1, -0.05) is 29.8 Å². The van der Waals surface area contributed by atoms with Crippen LogP contribution in [0.15, 0.2) is 36.4 Å². The van der Waals surface area contributed by atoms with Gasteiger partial charge in [0, 0.05) is 13.1 Å². The van der Waals surface area contributed by atoms with Crippen molar-refractivity contribution in [2.45, 2.75) is 31.6 Å². The number of benzene rings is 2. The van der Waals surface area contributed by atoms with Crippen LogP contribution in [0.2, 0.25) is 4.47 Å². The fourth-order valence-electron chi connectivity index (χ4n) is 4.18. The molecule has 0 radical (unpaired) electrons. The van der Waals surface area contributed by atoms with E-state index in [9.17, 15) is 0 Å². The van der Waals surface area contributed by atoms with Crippen LogP contribution in [-0.2, 0) is 12.8 Å². The van der Waals surface area contributed by atoms with E-state index in [0.29, 0.717) is 10.4 Å². The maximum Gasteiger partial charge on any atom is 0.184 e. The Hall–Kier alpha value is -1.62. The Bertz CT molecular complexity index is 939. The number of halogens is 1. The molecule has 3 aromatic rings. The van der Waals surface area contributed by atoms with Gasteiger partial charge >= 0.3 is 0 Å². The lowest BCUT2D eigenvalue weighted by Gasteiger charge is -2.30. The van der Waals surface area contributed by atoms with Crippen LogP contribution in [0.3, 0.4) is 0 Å². The third-order valence-corrected chi connectivity index (χ3v) is 6.69. The number of rotatable bonds is 6. The Balaban J connectivity index is 1.40. The molecule has 1 aliphatic rings. The summed E-state index contributed by atoms with van der Waals surface area (Å²) in [5, 5.41) is 0. The Morgan fingerprint density at radius 3 is 3.04 bits per heavy atom. The van der Waals surface area contributed by atoms with E-state index in [1.807, 2.05) is 0 Å². The number of likely N-dealkylation sites (N-methyl/N-ethyl adjacent to an activating group) is 1. The van der Waals surface area contributed by atoms with Crippen LogP contribution in [0.1, 0.15) is 35.4 Å². The molecule has 0 unspecified atom stereocenters. The lowest BCUT2D eigenvalue weighted by molar-refractivity contribution is 0.299. The maximum atomic E-state index is 6.02. The van der Waals surface area contributed by atoms with Gasteiger partial charge in [0.1, 0.15) is 5.75 Å². The molecule has 1 atom stereocenters. The van der Waals surface area contributed by atoms with Crippen LogP contribution in [-0.4, -0.2) is 37.1 Å². The first-order valence-corrected chi connectivity index (χ1v) is 10.7. The second-order valence-corrected chi connectivity index (χ2v) is 9.01. The number of hydrogen-bond donors (Lipinski definition) is 0. The predicted octanol–water partition coefficient (Wildman–Crippen LogP) is 5.55. The Morgan fingerprint density at radius 1 is 1.30 bits per heavy atom. The SMILES string of the molecule is COc1cccc2c1CCC[C@H]2CN(C)CCc1ccc2sc(Cl)nc2c1. The molecular formula is C22H25ClN2OS. The van der Waals surface area contributed by atoms with Crippen molar-refractivity contribution in [3.05, 3.63) is 57.6 Å². The van der Waals surface area contributed by atoms with E-state index < -0.39 is 0 Å². The van der Waals surface area contributed by atoms with E-state index in [0.717, 1.165) is 41.9 Å². The monoisotopic (exact) mass is 400 g/mol. The van der Waals surface area contributed by atoms with Gasteiger partial charge in [-0.15, -0.1) is 11.3 Å². The zero-order valence-electron chi connectivity index (χ0n) is 15.9. The van der Waals surface area contributed by atoms with Gasteiger partial charge in [-0.25, -0.2) is 4.98 Å². The van der Waals surface area contributed by atoms with Crippen LogP contribution in [0, 0.1) is 0 Å². The lowest BCUT2D eigenvalue weighted by Crippen LogP contribution is -2.28. The van der Waals surface area contributed by atoms with Gasteiger partial charge in [-0.05, 0) is 73.5 Å². The third kappa shape index (κ3) is 4.13. The molecule has 0 saturated heterocycles. The normalized spacial score (nSPS) is 16.7. The van der Waals surface area contributed by atoms with E-state index >= 15 is 0 Å². The standard InChI is InChI=1S/C22H25ClN2OS/c1-25(12-11-15-9-10-21-19(13-15)24-22(23)27-21)14-16-5-3-7-18-17(16)6-4-8-20(18)26-2/h4,6,8-10,13,16H,3,5,7,11-12,14H2,1-2H3/t16-/m0/s1. The van der Waals surface area contributed by atoms with Crippen molar-refractivity contribution in [3.63, 3.8) is 0 Å². The summed E-state index contributed by atoms with van der Waals surface area (Å²) < 4.78 is 7.35. The van der Waals surface area contributed by atoms with Gasteiger partial charge in [-0.3, -0.25) is 0 Å². The van der Waals surface area contributed by atoms with Gasteiger partial charge in [-0.2, -0.15) is 0 Å². The molecule has 0 aliphatic heterocycles. The largest absolute Gasteiger partial charge is 0.496 e. The van der Waals surface area contributed by atoms with E-state index in [1.54, 1.807) is 7.11 Å². The first-order valence-electron chi connectivity index (χ1n) is 9.53. The van der Waals surface area contributed by atoms with Crippen LogP contribution in [0.25, 0.3) is 10.2 Å². The van der Waals surface area contributed by atoms with E-state index in [-0.39, 0.29) is 0 Å². The summed E-state index contributed by atoms with van der Waals surface area (Å²) in [5.41, 5.74) is 5.22. The number of aromatic nitrogens is 1. The summed E-state index contributed by atoms with van der Waals surface area (Å²) in [4.78, 5) is 6.85. The fourth-order valence-corrected chi connectivity index (χ4v) is 5.19. The number of thiazole rings is 1. The average Bonchev–Trinajstić information content (AvgIpc) is 3.05. The molecule has 0 spiro atoms. The summed E-state index contributed by atoms with van der Waals surface area (Å²) in [5.74, 6) is 1.64. The average molecular weight is 401 g/mol.